The topological polar surface area (TPSA) is 107 Å². The van der Waals surface area contributed by atoms with Gasteiger partial charge in [-0.15, -0.1) is 0 Å². The van der Waals surface area contributed by atoms with Gasteiger partial charge in [-0.3, -0.25) is 23.9 Å². The van der Waals surface area contributed by atoms with E-state index in [0.717, 1.165) is 38.2 Å². The van der Waals surface area contributed by atoms with Crippen molar-refractivity contribution in [3.63, 3.8) is 0 Å². The number of hydrogen-bond acceptors (Lipinski definition) is 7. The molecule has 2 aliphatic heterocycles. The van der Waals surface area contributed by atoms with Crippen LogP contribution in [0.5, 0.6) is 0 Å². The molecule has 2 aliphatic rings. The lowest BCUT2D eigenvalue weighted by Gasteiger charge is -2.39. The van der Waals surface area contributed by atoms with Gasteiger partial charge in [0.15, 0.2) is 0 Å². The molecule has 0 aliphatic carbocycles. The molecule has 2 fully saturated rings. The zero-order valence-electron chi connectivity index (χ0n) is 21.4. The highest BCUT2D eigenvalue weighted by Gasteiger charge is 2.34. The van der Waals surface area contributed by atoms with Gasteiger partial charge in [0.2, 0.25) is 0 Å². The second kappa shape index (κ2) is 12.1. The average Bonchev–Trinajstić information content (AvgIpc) is 3.06. The van der Waals surface area contributed by atoms with Crippen molar-refractivity contribution in [3.8, 4) is 6.07 Å². The Morgan fingerprint density at radius 2 is 1.89 bits per heavy atom. The molecular formula is C26H34N4O4S2. The second-order valence-corrected chi connectivity index (χ2v) is 11.5. The Labute approximate surface area is 221 Å². The molecule has 2 atom stereocenters. The third-order valence-electron chi connectivity index (χ3n) is 6.67. The van der Waals surface area contributed by atoms with Gasteiger partial charge in [-0.1, -0.05) is 51.2 Å². The van der Waals surface area contributed by atoms with E-state index in [1.807, 2.05) is 0 Å². The number of aromatic nitrogens is 1. The number of nitrogens with zero attached hydrogens (tertiary/aromatic N) is 4. The van der Waals surface area contributed by atoms with Crippen LogP contribution in [0.15, 0.2) is 9.70 Å². The number of anilines is 1. The molecule has 0 aromatic carbocycles. The first-order chi connectivity index (χ1) is 17.1. The molecule has 8 nitrogen and oxygen atoms in total. The zero-order valence-corrected chi connectivity index (χ0v) is 23.0. The largest absolute Gasteiger partial charge is 0.481 e. The molecule has 2 saturated heterocycles. The number of carboxylic acids is 1. The summed E-state index contributed by atoms with van der Waals surface area (Å²) in [6.45, 7) is 10.5. The van der Waals surface area contributed by atoms with Crippen molar-refractivity contribution < 1.29 is 14.7 Å². The van der Waals surface area contributed by atoms with E-state index in [0.29, 0.717) is 45.2 Å². The van der Waals surface area contributed by atoms with Crippen LogP contribution in [-0.4, -0.2) is 50.4 Å². The predicted molar refractivity (Wildman–Crippen MR) is 147 cm³/mol. The van der Waals surface area contributed by atoms with Gasteiger partial charge in [-0.25, -0.2) is 0 Å². The molecule has 10 heteroatoms. The number of aliphatic carboxylic acids is 1. The van der Waals surface area contributed by atoms with Gasteiger partial charge in [0.25, 0.3) is 11.5 Å². The minimum atomic E-state index is -0.917. The zero-order chi connectivity index (χ0) is 26.6. The van der Waals surface area contributed by atoms with Crippen molar-refractivity contribution in [1.82, 2.24) is 9.47 Å². The average molecular weight is 531 g/mol. The molecule has 3 rings (SSSR count). The van der Waals surface area contributed by atoms with Crippen LogP contribution in [0.4, 0.5) is 5.82 Å². The molecule has 0 spiro atoms. The van der Waals surface area contributed by atoms with E-state index in [4.69, 9.17) is 17.3 Å². The molecule has 1 aromatic rings. The van der Waals surface area contributed by atoms with Crippen molar-refractivity contribution in [2.24, 2.45) is 11.8 Å². The maximum Gasteiger partial charge on any atom is 0.303 e. The highest BCUT2D eigenvalue weighted by Crippen LogP contribution is 2.37. The molecule has 36 heavy (non-hydrogen) atoms. The highest BCUT2D eigenvalue weighted by molar-refractivity contribution is 8.26. The SMILES string of the molecule is CCCCn1c(N2CC(C)CC(C)C2)c(C=C2SC(=S)N(CCCC(=O)O)C2=O)c(C)c(C#N)c1=O. The van der Waals surface area contributed by atoms with Gasteiger partial charge < -0.3 is 10.0 Å². The van der Waals surface area contributed by atoms with Gasteiger partial charge in [-0.05, 0) is 49.7 Å². The molecule has 0 saturated carbocycles. The smallest absolute Gasteiger partial charge is 0.303 e. The van der Waals surface area contributed by atoms with Crippen LogP contribution < -0.4 is 10.5 Å². The maximum absolute atomic E-state index is 13.4. The number of thioether (sulfide) groups is 1. The molecule has 1 aromatic heterocycles. The number of carbonyl (C=O) groups excluding carboxylic acids is 1. The van der Waals surface area contributed by atoms with Crippen LogP contribution in [-0.2, 0) is 16.1 Å². The fraction of sp³-hybridized carbons (Fsp3) is 0.577. The van der Waals surface area contributed by atoms with Crippen molar-refractivity contribution >= 4 is 52.1 Å². The monoisotopic (exact) mass is 530 g/mol. The number of carbonyl (C=O) groups is 2. The molecule has 194 valence electrons. The number of nitriles is 1. The number of carboxylic acid groups (broad SMARTS) is 1. The van der Waals surface area contributed by atoms with Gasteiger partial charge in [0.1, 0.15) is 21.8 Å². The summed E-state index contributed by atoms with van der Waals surface area (Å²) in [6, 6.07) is 2.10. The summed E-state index contributed by atoms with van der Waals surface area (Å²) in [5, 5.41) is 18.8. The minimum Gasteiger partial charge on any atom is -0.481 e. The Kier molecular flexibility index (Phi) is 9.36. The number of hydrogen-bond donors (Lipinski definition) is 1. The third kappa shape index (κ3) is 6.01. The van der Waals surface area contributed by atoms with E-state index >= 15 is 0 Å². The van der Waals surface area contributed by atoms with Crippen LogP contribution in [0.1, 0.15) is 69.6 Å². The van der Waals surface area contributed by atoms with Crippen LogP contribution in [0.3, 0.4) is 0 Å². The van der Waals surface area contributed by atoms with Gasteiger partial charge in [0, 0.05) is 38.2 Å². The number of unbranched alkanes of at least 4 members (excludes halogenated alkanes) is 1. The summed E-state index contributed by atoms with van der Waals surface area (Å²) in [5.74, 6) is 0.462. The normalized spacial score (nSPS) is 21.4. The standard InChI is InChI=1S/C26H34N4O4S2/c1-5-6-9-29-23(28-14-16(2)11-17(3)15-28)19(18(4)20(13-27)24(29)33)12-21-25(34)30(26(35)36-21)10-7-8-22(31)32/h12,16-17H,5-11,14-15H2,1-4H3,(H,31,32). The molecule has 1 amide bonds. The van der Waals surface area contributed by atoms with E-state index in [-0.39, 0.29) is 30.0 Å². The predicted octanol–water partition coefficient (Wildman–Crippen LogP) is 4.38. The second-order valence-electron chi connectivity index (χ2n) is 9.84. The van der Waals surface area contributed by atoms with Crippen LogP contribution in [0, 0.1) is 30.1 Å². The summed E-state index contributed by atoms with van der Waals surface area (Å²) >= 11 is 6.60. The van der Waals surface area contributed by atoms with Crippen molar-refractivity contribution in [2.45, 2.75) is 66.3 Å². The first kappa shape index (κ1) is 27.9. The van der Waals surface area contributed by atoms with Crippen molar-refractivity contribution in [1.29, 1.82) is 5.26 Å². The van der Waals surface area contributed by atoms with E-state index in [1.165, 1.54) is 16.7 Å². The molecule has 1 N–H and O–H groups in total. The van der Waals surface area contributed by atoms with Crippen molar-refractivity contribution in [3.05, 3.63) is 31.9 Å². The molecule has 3 heterocycles. The summed E-state index contributed by atoms with van der Waals surface area (Å²) in [6.07, 6.45) is 4.84. The Hall–Kier alpha value is -2.64. The number of amides is 1. The quantitative estimate of drug-likeness (QED) is 0.370. The van der Waals surface area contributed by atoms with Crippen LogP contribution in [0.25, 0.3) is 6.08 Å². The Bertz CT molecular complexity index is 1170. The Morgan fingerprint density at radius 1 is 1.22 bits per heavy atom. The van der Waals surface area contributed by atoms with Gasteiger partial charge in [-0.2, -0.15) is 5.26 Å². The first-order valence-electron chi connectivity index (χ1n) is 12.5. The number of rotatable bonds is 9. The molecule has 0 bridgehead atoms. The summed E-state index contributed by atoms with van der Waals surface area (Å²) in [7, 11) is 0. The summed E-state index contributed by atoms with van der Waals surface area (Å²) < 4.78 is 2.11. The number of pyridine rings is 1. The minimum absolute atomic E-state index is 0.0430. The first-order valence-corrected chi connectivity index (χ1v) is 13.7. The lowest BCUT2D eigenvalue weighted by Crippen LogP contribution is -2.43. The summed E-state index contributed by atoms with van der Waals surface area (Å²) in [5.41, 5.74) is 1.07. The lowest BCUT2D eigenvalue weighted by atomic mass is 9.91. The van der Waals surface area contributed by atoms with E-state index in [2.05, 4.69) is 31.7 Å². The van der Waals surface area contributed by atoms with Crippen LogP contribution in [0.2, 0.25) is 0 Å². The van der Waals surface area contributed by atoms with E-state index < -0.39 is 5.97 Å². The highest BCUT2D eigenvalue weighted by atomic mass is 32.2. The molecule has 2 unspecified atom stereocenters. The van der Waals surface area contributed by atoms with Crippen LogP contribution >= 0.6 is 24.0 Å². The Balaban J connectivity index is 2.15. The lowest BCUT2D eigenvalue weighted by molar-refractivity contribution is -0.137. The third-order valence-corrected chi connectivity index (χ3v) is 8.05. The Morgan fingerprint density at radius 3 is 2.47 bits per heavy atom. The van der Waals surface area contributed by atoms with E-state index in [1.54, 1.807) is 17.6 Å². The fourth-order valence-corrected chi connectivity index (χ4v) is 6.35. The number of thiocarbonyl (C=S) groups is 1. The molecule has 0 radical (unpaired) electrons. The van der Waals surface area contributed by atoms with Gasteiger partial charge >= 0.3 is 5.97 Å². The van der Waals surface area contributed by atoms with Crippen molar-refractivity contribution in [2.75, 3.05) is 24.5 Å². The molecular weight excluding hydrogens is 496 g/mol. The number of piperidine rings is 1. The fourth-order valence-electron chi connectivity index (χ4n) is 5.06. The van der Waals surface area contributed by atoms with E-state index in [9.17, 15) is 19.6 Å². The maximum atomic E-state index is 13.4. The van der Waals surface area contributed by atoms with Gasteiger partial charge in [0.05, 0.1) is 4.91 Å². The summed E-state index contributed by atoms with van der Waals surface area (Å²) in [4.78, 5) is 41.7.